The van der Waals surface area contributed by atoms with Crippen LogP contribution in [0.3, 0.4) is 0 Å². The number of rotatable bonds is 5. The highest BCUT2D eigenvalue weighted by molar-refractivity contribution is 5.91. The number of fused-ring (bicyclic) bond motifs is 1. The number of carbonyl (C=O) groups is 2. The molecule has 1 aromatic rings. The van der Waals surface area contributed by atoms with E-state index in [2.05, 4.69) is 6.92 Å². The maximum Gasteiger partial charge on any atom is 0.313 e. The van der Waals surface area contributed by atoms with E-state index in [0.29, 0.717) is 6.54 Å². The highest BCUT2D eigenvalue weighted by Crippen LogP contribution is 2.52. The summed E-state index contributed by atoms with van der Waals surface area (Å²) in [7, 11) is 0. The van der Waals surface area contributed by atoms with E-state index < -0.39 is 17.4 Å². The van der Waals surface area contributed by atoms with Crippen LogP contribution in [0.1, 0.15) is 25.8 Å². The molecular weight excluding hydrogens is 318 g/mol. The van der Waals surface area contributed by atoms with Crippen LogP contribution < -0.4 is 0 Å². The van der Waals surface area contributed by atoms with E-state index in [1.165, 1.54) is 0 Å². The highest BCUT2D eigenvalue weighted by Gasteiger charge is 2.67. The minimum atomic E-state index is -0.651. The van der Waals surface area contributed by atoms with Gasteiger partial charge in [0, 0.05) is 6.04 Å². The summed E-state index contributed by atoms with van der Waals surface area (Å²) in [5.41, 5.74) is 0.283. The molecular formula is C20H23NO4. The van der Waals surface area contributed by atoms with Crippen molar-refractivity contribution in [2.75, 3.05) is 6.54 Å². The molecule has 25 heavy (non-hydrogen) atoms. The second kappa shape index (κ2) is 5.99. The molecule has 5 nitrogen and oxygen atoms in total. The number of nitrogens with zero attached hydrogens (tertiary/aromatic N) is 1. The number of benzene rings is 1. The van der Waals surface area contributed by atoms with Crippen LogP contribution in [-0.4, -0.2) is 41.1 Å². The number of amides is 1. The van der Waals surface area contributed by atoms with E-state index in [0.717, 1.165) is 12.0 Å². The Hall–Kier alpha value is -2.14. The fourth-order valence-corrected chi connectivity index (χ4v) is 4.22. The van der Waals surface area contributed by atoms with Gasteiger partial charge in [-0.2, -0.15) is 0 Å². The zero-order valence-corrected chi connectivity index (χ0v) is 14.6. The van der Waals surface area contributed by atoms with Gasteiger partial charge in [0.2, 0.25) is 5.91 Å². The normalized spacial score (nSPS) is 33.6. The molecule has 2 bridgehead atoms. The molecule has 1 aromatic carbocycles. The summed E-state index contributed by atoms with van der Waals surface area (Å²) < 4.78 is 11.6. The lowest BCUT2D eigenvalue weighted by atomic mass is 9.77. The number of likely N-dealkylation sites (tertiary alicyclic amines) is 1. The monoisotopic (exact) mass is 341 g/mol. The molecule has 5 atom stereocenters. The molecule has 0 aromatic heterocycles. The molecule has 3 heterocycles. The van der Waals surface area contributed by atoms with Gasteiger partial charge < -0.3 is 14.4 Å². The molecule has 5 heteroatoms. The van der Waals surface area contributed by atoms with E-state index in [1.807, 2.05) is 54.3 Å². The first kappa shape index (κ1) is 16.3. The zero-order valence-electron chi connectivity index (χ0n) is 14.6. The molecule has 2 saturated heterocycles. The van der Waals surface area contributed by atoms with Crippen LogP contribution in [0.25, 0.3) is 0 Å². The lowest BCUT2D eigenvalue weighted by Gasteiger charge is -2.26. The van der Waals surface area contributed by atoms with Gasteiger partial charge in [0.15, 0.2) is 0 Å². The van der Waals surface area contributed by atoms with Crippen LogP contribution in [0.5, 0.6) is 0 Å². The van der Waals surface area contributed by atoms with Crippen molar-refractivity contribution < 1.29 is 19.1 Å². The molecule has 0 N–H and O–H groups in total. The largest absolute Gasteiger partial charge is 0.460 e. The first-order valence-corrected chi connectivity index (χ1v) is 8.94. The van der Waals surface area contributed by atoms with Gasteiger partial charge in [-0.15, -0.1) is 0 Å². The Morgan fingerprint density at radius 1 is 1.40 bits per heavy atom. The predicted molar refractivity (Wildman–Crippen MR) is 91.4 cm³/mol. The Kier molecular flexibility index (Phi) is 3.91. The number of ether oxygens (including phenoxy) is 2. The molecule has 4 rings (SSSR count). The Bertz CT molecular complexity index is 716. The van der Waals surface area contributed by atoms with Crippen molar-refractivity contribution in [1.82, 2.24) is 4.90 Å². The summed E-state index contributed by atoms with van der Waals surface area (Å²) in [6.07, 6.45) is 4.42. The van der Waals surface area contributed by atoms with E-state index >= 15 is 0 Å². The standard InChI is InChI=1S/C20H23NO4/c1-3-13(2)21-12-20-10-9-15(25-20)16(17(20)18(21)22)19(23)24-11-14-7-5-4-6-8-14/h4-10,13,15-17H,3,11-12H2,1-2H3/t13-,15-,16-,17+,20-/m1/s1. The van der Waals surface area contributed by atoms with Crippen molar-refractivity contribution in [2.24, 2.45) is 11.8 Å². The van der Waals surface area contributed by atoms with Crippen molar-refractivity contribution in [3.8, 4) is 0 Å². The minimum Gasteiger partial charge on any atom is -0.460 e. The first-order chi connectivity index (χ1) is 12.1. The zero-order chi connectivity index (χ0) is 17.6. The fraction of sp³-hybridized carbons (Fsp3) is 0.500. The van der Waals surface area contributed by atoms with Gasteiger partial charge in [0.1, 0.15) is 18.1 Å². The molecule has 3 aliphatic rings. The van der Waals surface area contributed by atoms with Crippen molar-refractivity contribution >= 4 is 11.9 Å². The van der Waals surface area contributed by atoms with Gasteiger partial charge in [-0.05, 0) is 18.9 Å². The summed E-state index contributed by atoms with van der Waals surface area (Å²) in [4.78, 5) is 27.6. The van der Waals surface area contributed by atoms with Crippen LogP contribution >= 0.6 is 0 Å². The van der Waals surface area contributed by atoms with E-state index in [4.69, 9.17) is 9.47 Å². The smallest absolute Gasteiger partial charge is 0.313 e. The number of hydrogen-bond acceptors (Lipinski definition) is 4. The molecule has 0 radical (unpaired) electrons. The molecule has 3 aliphatic heterocycles. The van der Waals surface area contributed by atoms with Crippen molar-refractivity contribution in [3.05, 3.63) is 48.0 Å². The number of hydrogen-bond donors (Lipinski definition) is 0. The summed E-state index contributed by atoms with van der Waals surface area (Å²) in [5, 5.41) is 0. The Morgan fingerprint density at radius 3 is 2.88 bits per heavy atom. The molecule has 0 saturated carbocycles. The quantitative estimate of drug-likeness (QED) is 0.609. The molecule has 0 unspecified atom stereocenters. The highest BCUT2D eigenvalue weighted by atomic mass is 16.6. The Labute approximate surface area is 147 Å². The third-order valence-electron chi connectivity index (χ3n) is 5.75. The first-order valence-electron chi connectivity index (χ1n) is 8.94. The molecule has 132 valence electrons. The Morgan fingerprint density at radius 2 is 2.16 bits per heavy atom. The van der Waals surface area contributed by atoms with Crippen molar-refractivity contribution in [1.29, 1.82) is 0 Å². The second-order valence-electron chi connectivity index (χ2n) is 7.22. The number of esters is 1. The molecule has 0 aliphatic carbocycles. The van der Waals surface area contributed by atoms with Crippen molar-refractivity contribution in [2.45, 2.75) is 44.6 Å². The average molecular weight is 341 g/mol. The summed E-state index contributed by atoms with van der Waals surface area (Å²) in [6.45, 7) is 4.84. The molecule has 1 spiro atoms. The Balaban J connectivity index is 1.52. The predicted octanol–water partition coefficient (Wildman–Crippen LogP) is 2.31. The van der Waals surface area contributed by atoms with Gasteiger partial charge in [0.05, 0.1) is 18.6 Å². The van der Waals surface area contributed by atoms with Crippen LogP contribution in [0.15, 0.2) is 42.5 Å². The lowest BCUT2D eigenvalue weighted by molar-refractivity contribution is -0.155. The minimum absolute atomic E-state index is 0.0165. The summed E-state index contributed by atoms with van der Waals surface area (Å²) in [6, 6.07) is 9.71. The van der Waals surface area contributed by atoms with Gasteiger partial charge in [-0.3, -0.25) is 9.59 Å². The van der Waals surface area contributed by atoms with E-state index in [1.54, 1.807) is 0 Å². The van der Waals surface area contributed by atoms with Crippen LogP contribution in [-0.2, 0) is 25.7 Å². The fourth-order valence-electron chi connectivity index (χ4n) is 4.22. The molecule has 2 fully saturated rings. The average Bonchev–Trinajstić information content (AvgIpc) is 3.28. The van der Waals surface area contributed by atoms with E-state index in [-0.39, 0.29) is 30.6 Å². The maximum atomic E-state index is 13.0. The van der Waals surface area contributed by atoms with Gasteiger partial charge >= 0.3 is 5.97 Å². The van der Waals surface area contributed by atoms with E-state index in [9.17, 15) is 9.59 Å². The van der Waals surface area contributed by atoms with Crippen LogP contribution in [0.2, 0.25) is 0 Å². The summed E-state index contributed by atoms with van der Waals surface area (Å²) in [5.74, 6) is -1.33. The van der Waals surface area contributed by atoms with Gasteiger partial charge in [-0.1, -0.05) is 49.4 Å². The summed E-state index contributed by atoms with van der Waals surface area (Å²) >= 11 is 0. The third kappa shape index (κ3) is 2.49. The maximum absolute atomic E-state index is 13.0. The number of carbonyl (C=O) groups excluding carboxylic acids is 2. The topological polar surface area (TPSA) is 55.8 Å². The van der Waals surface area contributed by atoms with Crippen LogP contribution in [0, 0.1) is 11.8 Å². The van der Waals surface area contributed by atoms with Crippen LogP contribution in [0.4, 0.5) is 0 Å². The van der Waals surface area contributed by atoms with Crippen molar-refractivity contribution in [3.63, 3.8) is 0 Å². The third-order valence-corrected chi connectivity index (χ3v) is 5.75. The van der Waals surface area contributed by atoms with Gasteiger partial charge in [0.25, 0.3) is 0 Å². The lowest BCUT2D eigenvalue weighted by Crippen LogP contribution is -2.41. The molecule has 1 amide bonds. The SMILES string of the molecule is CC[C@@H](C)N1C[C@@]23C=C[C@@H](O2)[C@@H](C(=O)OCc2ccccc2)[C@H]3C1=O. The second-order valence-corrected chi connectivity index (χ2v) is 7.22. The van der Waals surface area contributed by atoms with Gasteiger partial charge in [-0.25, -0.2) is 0 Å².